The third kappa shape index (κ3) is 4.98. The standard InChI is InChI=1S/C16H31N3/c1-7-16(8-2)19-10-9-15(18-19)11-13(5)14(6)17-12(3)4/h9-10,12-14,16-17H,7-8,11H2,1-6H3. The van der Waals surface area contributed by atoms with Crippen LogP contribution in [0.2, 0.25) is 0 Å². The van der Waals surface area contributed by atoms with Crippen LogP contribution in [0.3, 0.4) is 0 Å². The van der Waals surface area contributed by atoms with Crippen molar-refractivity contribution in [3.8, 4) is 0 Å². The Hall–Kier alpha value is -0.830. The Balaban J connectivity index is 2.57. The van der Waals surface area contributed by atoms with Gasteiger partial charge in [0.15, 0.2) is 0 Å². The van der Waals surface area contributed by atoms with Crippen molar-refractivity contribution in [2.45, 2.75) is 78.9 Å². The molecule has 19 heavy (non-hydrogen) atoms. The number of hydrogen-bond donors (Lipinski definition) is 1. The summed E-state index contributed by atoms with van der Waals surface area (Å²) in [4.78, 5) is 0. The lowest BCUT2D eigenvalue weighted by Crippen LogP contribution is -2.37. The van der Waals surface area contributed by atoms with E-state index in [-0.39, 0.29) is 0 Å². The molecule has 1 aromatic rings. The molecule has 2 atom stereocenters. The molecule has 0 saturated carbocycles. The maximum absolute atomic E-state index is 4.74. The largest absolute Gasteiger partial charge is 0.312 e. The lowest BCUT2D eigenvalue weighted by molar-refractivity contribution is 0.365. The van der Waals surface area contributed by atoms with Gasteiger partial charge < -0.3 is 5.32 Å². The first-order valence-electron chi connectivity index (χ1n) is 7.77. The van der Waals surface area contributed by atoms with E-state index in [2.05, 4.69) is 63.8 Å². The maximum atomic E-state index is 4.74. The Kier molecular flexibility index (Phi) is 6.56. The van der Waals surface area contributed by atoms with E-state index in [1.165, 1.54) is 5.69 Å². The molecule has 0 fully saturated rings. The first kappa shape index (κ1) is 16.2. The number of nitrogens with zero attached hydrogens (tertiary/aromatic N) is 2. The fraction of sp³-hybridized carbons (Fsp3) is 0.812. The Morgan fingerprint density at radius 2 is 1.79 bits per heavy atom. The smallest absolute Gasteiger partial charge is 0.0627 e. The van der Waals surface area contributed by atoms with Gasteiger partial charge in [0.2, 0.25) is 0 Å². The van der Waals surface area contributed by atoms with Gasteiger partial charge in [0.25, 0.3) is 0 Å². The van der Waals surface area contributed by atoms with Crippen molar-refractivity contribution in [2.75, 3.05) is 0 Å². The summed E-state index contributed by atoms with van der Waals surface area (Å²) >= 11 is 0. The molecule has 0 aliphatic heterocycles. The van der Waals surface area contributed by atoms with Gasteiger partial charge in [0.05, 0.1) is 11.7 Å². The number of rotatable bonds is 8. The van der Waals surface area contributed by atoms with Crippen LogP contribution in [-0.2, 0) is 6.42 Å². The summed E-state index contributed by atoms with van der Waals surface area (Å²) in [5.74, 6) is 0.604. The van der Waals surface area contributed by atoms with Crippen molar-refractivity contribution < 1.29 is 0 Å². The van der Waals surface area contributed by atoms with Gasteiger partial charge in [0, 0.05) is 18.3 Å². The minimum atomic E-state index is 0.526. The highest BCUT2D eigenvalue weighted by Crippen LogP contribution is 2.17. The van der Waals surface area contributed by atoms with E-state index in [4.69, 9.17) is 5.10 Å². The summed E-state index contributed by atoms with van der Waals surface area (Å²) in [6.45, 7) is 13.4. The molecular weight excluding hydrogens is 234 g/mol. The van der Waals surface area contributed by atoms with Gasteiger partial charge in [-0.2, -0.15) is 5.10 Å². The zero-order chi connectivity index (χ0) is 14.4. The summed E-state index contributed by atoms with van der Waals surface area (Å²) < 4.78 is 2.14. The van der Waals surface area contributed by atoms with Gasteiger partial charge in [-0.05, 0) is 38.2 Å². The molecule has 0 amide bonds. The third-order valence-corrected chi connectivity index (χ3v) is 3.96. The molecule has 1 heterocycles. The highest BCUT2D eigenvalue weighted by Gasteiger charge is 2.15. The minimum Gasteiger partial charge on any atom is -0.312 e. The van der Waals surface area contributed by atoms with Gasteiger partial charge in [-0.15, -0.1) is 0 Å². The summed E-state index contributed by atoms with van der Waals surface area (Å²) in [5.41, 5.74) is 1.22. The van der Waals surface area contributed by atoms with Gasteiger partial charge in [-0.25, -0.2) is 0 Å². The summed E-state index contributed by atoms with van der Waals surface area (Å²) in [5, 5.41) is 8.32. The minimum absolute atomic E-state index is 0.526. The van der Waals surface area contributed by atoms with Crippen LogP contribution >= 0.6 is 0 Å². The molecule has 0 spiro atoms. The number of hydrogen-bond acceptors (Lipinski definition) is 2. The molecule has 0 aliphatic rings. The number of nitrogens with one attached hydrogen (secondary N) is 1. The van der Waals surface area contributed by atoms with Crippen molar-refractivity contribution in [3.05, 3.63) is 18.0 Å². The Labute approximate surface area is 118 Å². The molecule has 1 rings (SSSR count). The second kappa shape index (κ2) is 7.68. The van der Waals surface area contributed by atoms with E-state index in [9.17, 15) is 0 Å². The summed E-state index contributed by atoms with van der Waals surface area (Å²) in [6, 6.07) is 3.80. The van der Waals surface area contributed by atoms with E-state index in [1.54, 1.807) is 0 Å². The Morgan fingerprint density at radius 3 is 2.32 bits per heavy atom. The molecule has 0 saturated heterocycles. The highest BCUT2D eigenvalue weighted by atomic mass is 15.3. The van der Waals surface area contributed by atoms with Crippen molar-refractivity contribution in [1.29, 1.82) is 0 Å². The van der Waals surface area contributed by atoms with Gasteiger partial charge in [-0.3, -0.25) is 4.68 Å². The average Bonchev–Trinajstić information content (AvgIpc) is 2.78. The SMILES string of the molecule is CCC(CC)n1ccc(CC(C)C(C)NC(C)C)n1. The lowest BCUT2D eigenvalue weighted by atomic mass is 9.97. The number of aromatic nitrogens is 2. The van der Waals surface area contributed by atoms with Crippen LogP contribution in [0.5, 0.6) is 0 Å². The predicted octanol–water partition coefficient (Wildman–Crippen LogP) is 3.81. The molecule has 2 unspecified atom stereocenters. The molecule has 0 bridgehead atoms. The van der Waals surface area contributed by atoms with Crippen LogP contribution in [-0.4, -0.2) is 21.9 Å². The van der Waals surface area contributed by atoms with E-state index in [1.807, 2.05) is 0 Å². The monoisotopic (exact) mass is 265 g/mol. The van der Waals surface area contributed by atoms with Crippen LogP contribution in [0.15, 0.2) is 12.3 Å². The van der Waals surface area contributed by atoms with Gasteiger partial charge >= 0.3 is 0 Å². The van der Waals surface area contributed by atoms with Crippen LogP contribution < -0.4 is 5.32 Å². The molecule has 0 aliphatic carbocycles. The quantitative estimate of drug-likeness (QED) is 0.774. The van der Waals surface area contributed by atoms with Crippen molar-refractivity contribution >= 4 is 0 Å². The molecule has 0 aromatic carbocycles. The van der Waals surface area contributed by atoms with Crippen molar-refractivity contribution in [2.24, 2.45) is 5.92 Å². The first-order valence-corrected chi connectivity index (χ1v) is 7.77. The predicted molar refractivity (Wildman–Crippen MR) is 82.4 cm³/mol. The molecule has 3 nitrogen and oxygen atoms in total. The van der Waals surface area contributed by atoms with E-state index < -0.39 is 0 Å². The highest BCUT2D eigenvalue weighted by molar-refractivity contribution is 5.01. The molecule has 3 heteroatoms. The normalized spacial score (nSPS) is 15.2. The zero-order valence-corrected chi connectivity index (χ0v) is 13.5. The fourth-order valence-corrected chi connectivity index (χ4v) is 2.55. The Bertz CT molecular complexity index is 353. The maximum Gasteiger partial charge on any atom is 0.0627 e. The lowest BCUT2D eigenvalue weighted by Gasteiger charge is -2.23. The molecule has 110 valence electrons. The fourth-order valence-electron chi connectivity index (χ4n) is 2.55. The first-order chi connectivity index (χ1) is 8.97. The summed E-state index contributed by atoms with van der Waals surface area (Å²) in [6.07, 6.45) is 5.49. The van der Waals surface area contributed by atoms with E-state index in [0.717, 1.165) is 19.3 Å². The Morgan fingerprint density at radius 1 is 1.16 bits per heavy atom. The van der Waals surface area contributed by atoms with Crippen LogP contribution in [0, 0.1) is 5.92 Å². The third-order valence-electron chi connectivity index (χ3n) is 3.96. The van der Waals surface area contributed by atoms with Crippen LogP contribution in [0.1, 0.15) is 66.1 Å². The topological polar surface area (TPSA) is 29.9 Å². The van der Waals surface area contributed by atoms with Gasteiger partial charge in [0.1, 0.15) is 0 Å². The average molecular weight is 265 g/mol. The van der Waals surface area contributed by atoms with Crippen LogP contribution in [0.4, 0.5) is 0 Å². The molecule has 0 radical (unpaired) electrons. The molecular formula is C16H31N3. The van der Waals surface area contributed by atoms with Gasteiger partial charge in [-0.1, -0.05) is 34.6 Å². The zero-order valence-electron chi connectivity index (χ0n) is 13.5. The molecule has 1 N–H and O–H groups in total. The molecule has 1 aromatic heterocycles. The van der Waals surface area contributed by atoms with E-state index >= 15 is 0 Å². The van der Waals surface area contributed by atoms with Crippen LogP contribution in [0.25, 0.3) is 0 Å². The van der Waals surface area contributed by atoms with E-state index in [0.29, 0.717) is 24.0 Å². The second-order valence-electron chi connectivity index (χ2n) is 6.05. The second-order valence-corrected chi connectivity index (χ2v) is 6.05. The van der Waals surface area contributed by atoms with Crippen molar-refractivity contribution in [3.63, 3.8) is 0 Å². The van der Waals surface area contributed by atoms with Crippen molar-refractivity contribution in [1.82, 2.24) is 15.1 Å². The summed E-state index contributed by atoms with van der Waals surface area (Å²) in [7, 11) is 0.